The van der Waals surface area contributed by atoms with E-state index in [1.807, 2.05) is 0 Å². The molecule has 2 unspecified atom stereocenters. The monoisotopic (exact) mass is 296 g/mol. The summed E-state index contributed by atoms with van der Waals surface area (Å²) in [6.45, 7) is 2.53. The van der Waals surface area contributed by atoms with E-state index in [-0.39, 0.29) is 18.6 Å². The molecule has 0 aromatic heterocycles. The Bertz CT molecular complexity index is 450. The van der Waals surface area contributed by atoms with Crippen LogP contribution in [0, 0.1) is 0 Å². The number of carbonyl (C=O) groups excluding carboxylic acids is 1. The number of piperidine rings is 1. The minimum absolute atomic E-state index is 0.0560. The molecule has 1 aliphatic heterocycles. The van der Waals surface area contributed by atoms with Crippen molar-refractivity contribution in [2.75, 3.05) is 18.5 Å². The van der Waals surface area contributed by atoms with Crippen molar-refractivity contribution in [3.05, 3.63) is 29.3 Å². The predicted octanol–water partition coefficient (Wildman–Crippen LogP) is 2.51. The van der Waals surface area contributed by atoms with Gasteiger partial charge in [-0.2, -0.15) is 0 Å². The maximum Gasteiger partial charge on any atom is 0.238 e. The van der Waals surface area contributed by atoms with Crippen molar-refractivity contribution in [1.82, 2.24) is 4.90 Å². The van der Waals surface area contributed by atoms with E-state index in [1.54, 1.807) is 24.3 Å². The molecule has 0 radical (unpaired) electrons. The summed E-state index contributed by atoms with van der Waals surface area (Å²) in [6.07, 6.45) is 3.14. The van der Waals surface area contributed by atoms with Crippen LogP contribution < -0.4 is 5.32 Å². The fourth-order valence-corrected chi connectivity index (χ4v) is 2.85. The molecule has 20 heavy (non-hydrogen) atoms. The summed E-state index contributed by atoms with van der Waals surface area (Å²) in [5, 5.41) is 12.9. The molecule has 1 aromatic carbocycles. The smallest absolute Gasteiger partial charge is 0.238 e. The molecule has 1 saturated heterocycles. The molecule has 1 amide bonds. The number of likely N-dealkylation sites (tertiary alicyclic amines) is 1. The van der Waals surface area contributed by atoms with Gasteiger partial charge in [0.2, 0.25) is 5.91 Å². The van der Waals surface area contributed by atoms with Gasteiger partial charge < -0.3 is 10.4 Å². The van der Waals surface area contributed by atoms with Crippen LogP contribution in [0.15, 0.2) is 24.3 Å². The van der Waals surface area contributed by atoms with Crippen LogP contribution in [0.1, 0.15) is 26.2 Å². The first-order chi connectivity index (χ1) is 9.60. The molecular formula is C15H21ClN2O2. The maximum atomic E-state index is 12.1. The van der Waals surface area contributed by atoms with E-state index in [4.69, 9.17) is 11.6 Å². The minimum Gasteiger partial charge on any atom is -0.395 e. The van der Waals surface area contributed by atoms with Gasteiger partial charge >= 0.3 is 0 Å². The maximum absolute atomic E-state index is 12.1. The molecule has 1 aliphatic rings. The van der Waals surface area contributed by atoms with Crippen molar-refractivity contribution in [3.63, 3.8) is 0 Å². The third-order valence-corrected chi connectivity index (χ3v) is 4.11. The first-order valence-corrected chi connectivity index (χ1v) is 7.40. The summed E-state index contributed by atoms with van der Waals surface area (Å²) in [7, 11) is 0. The van der Waals surface area contributed by atoms with Crippen molar-refractivity contribution < 1.29 is 9.90 Å². The summed E-state index contributed by atoms with van der Waals surface area (Å²) in [4.78, 5) is 14.2. The summed E-state index contributed by atoms with van der Waals surface area (Å²) in [5.41, 5.74) is 0.740. The summed E-state index contributed by atoms with van der Waals surface area (Å²) in [6, 6.07) is 7.48. The van der Waals surface area contributed by atoms with Crippen LogP contribution in [0.2, 0.25) is 5.02 Å². The number of nitrogens with one attached hydrogen (secondary N) is 1. The van der Waals surface area contributed by atoms with Crippen LogP contribution in [0.25, 0.3) is 0 Å². The van der Waals surface area contributed by atoms with Gasteiger partial charge in [0.15, 0.2) is 0 Å². The lowest BCUT2D eigenvalue weighted by atomic mass is 9.97. The molecule has 4 nitrogen and oxygen atoms in total. The number of amides is 1. The van der Waals surface area contributed by atoms with Crippen molar-refractivity contribution in [2.45, 2.75) is 38.3 Å². The molecule has 0 spiro atoms. The summed E-state index contributed by atoms with van der Waals surface area (Å²) < 4.78 is 0. The molecule has 0 bridgehead atoms. The molecule has 2 rings (SSSR count). The highest BCUT2D eigenvalue weighted by Crippen LogP contribution is 2.22. The third kappa shape index (κ3) is 3.95. The van der Waals surface area contributed by atoms with Gasteiger partial charge in [0, 0.05) is 22.8 Å². The van der Waals surface area contributed by atoms with Crippen molar-refractivity contribution in [1.29, 1.82) is 0 Å². The second-order valence-electron chi connectivity index (χ2n) is 5.34. The number of aliphatic hydroxyl groups is 1. The zero-order valence-corrected chi connectivity index (χ0v) is 12.4. The Labute approximate surface area is 124 Å². The minimum atomic E-state index is -0.0560. The normalized spacial score (nSPS) is 23.6. The number of benzene rings is 1. The first-order valence-electron chi connectivity index (χ1n) is 7.02. The predicted molar refractivity (Wildman–Crippen MR) is 81.0 cm³/mol. The Balaban J connectivity index is 1.94. The van der Waals surface area contributed by atoms with Gasteiger partial charge in [-0.1, -0.05) is 18.0 Å². The molecule has 0 aliphatic carbocycles. The topological polar surface area (TPSA) is 52.6 Å². The second-order valence-corrected chi connectivity index (χ2v) is 5.78. The molecule has 2 atom stereocenters. The average Bonchev–Trinajstić information content (AvgIpc) is 2.43. The lowest BCUT2D eigenvalue weighted by molar-refractivity contribution is -0.119. The number of aliphatic hydroxyl groups excluding tert-OH is 1. The van der Waals surface area contributed by atoms with Gasteiger partial charge in [-0.05, 0) is 44.0 Å². The third-order valence-electron chi connectivity index (χ3n) is 3.86. The number of halogens is 1. The lowest BCUT2D eigenvalue weighted by Crippen LogP contribution is -2.50. The number of rotatable bonds is 4. The van der Waals surface area contributed by atoms with Gasteiger partial charge in [-0.25, -0.2) is 0 Å². The van der Waals surface area contributed by atoms with Crippen LogP contribution in [0.4, 0.5) is 5.69 Å². The van der Waals surface area contributed by atoms with Gasteiger partial charge in [0.25, 0.3) is 0 Å². The van der Waals surface area contributed by atoms with Crippen LogP contribution in [0.5, 0.6) is 0 Å². The van der Waals surface area contributed by atoms with Crippen LogP contribution in [-0.4, -0.2) is 41.1 Å². The Kier molecular flexibility index (Phi) is 5.40. The number of hydrogen-bond acceptors (Lipinski definition) is 3. The highest BCUT2D eigenvalue weighted by Gasteiger charge is 2.28. The summed E-state index contributed by atoms with van der Waals surface area (Å²) >= 11 is 5.81. The fraction of sp³-hybridized carbons (Fsp3) is 0.533. The molecule has 2 N–H and O–H groups in total. The van der Waals surface area contributed by atoms with Gasteiger partial charge in [0.05, 0.1) is 13.2 Å². The Morgan fingerprint density at radius 1 is 1.40 bits per heavy atom. The van der Waals surface area contributed by atoms with Crippen LogP contribution in [-0.2, 0) is 4.79 Å². The largest absolute Gasteiger partial charge is 0.395 e. The Morgan fingerprint density at radius 2 is 2.10 bits per heavy atom. The van der Waals surface area contributed by atoms with Crippen molar-refractivity contribution in [3.8, 4) is 0 Å². The van der Waals surface area contributed by atoms with Gasteiger partial charge in [0.1, 0.15) is 0 Å². The second kappa shape index (κ2) is 7.07. The molecule has 0 saturated carbocycles. The van der Waals surface area contributed by atoms with Gasteiger partial charge in [-0.15, -0.1) is 0 Å². The molecule has 110 valence electrons. The van der Waals surface area contributed by atoms with E-state index in [1.165, 1.54) is 0 Å². The SMILES string of the molecule is CC1CCCC(CO)N1CC(=O)Nc1ccc(Cl)cc1. The van der Waals surface area contributed by atoms with Crippen molar-refractivity contribution in [2.24, 2.45) is 0 Å². The lowest BCUT2D eigenvalue weighted by Gasteiger charge is -2.39. The zero-order chi connectivity index (χ0) is 14.5. The number of carbonyl (C=O) groups is 1. The highest BCUT2D eigenvalue weighted by atomic mass is 35.5. The van der Waals surface area contributed by atoms with Crippen LogP contribution in [0.3, 0.4) is 0 Å². The number of nitrogens with zero attached hydrogens (tertiary/aromatic N) is 1. The summed E-state index contributed by atoms with van der Waals surface area (Å²) in [5.74, 6) is -0.0560. The number of hydrogen-bond donors (Lipinski definition) is 2. The molecule has 1 fully saturated rings. The average molecular weight is 297 g/mol. The fourth-order valence-electron chi connectivity index (χ4n) is 2.72. The van der Waals surface area contributed by atoms with Crippen molar-refractivity contribution >= 4 is 23.2 Å². The van der Waals surface area contributed by atoms with Gasteiger partial charge in [-0.3, -0.25) is 9.69 Å². The highest BCUT2D eigenvalue weighted by molar-refractivity contribution is 6.30. The Morgan fingerprint density at radius 3 is 2.75 bits per heavy atom. The standard InChI is InChI=1S/C15H21ClN2O2/c1-11-3-2-4-14(10-19)18(11)9-15(20)17-13-7-5-12(16)6-8-13/h5-8,11,14,19H,2-4,9-10H2,1H3,(H,17,20). The van der Waals surface area contributed by atoms with E-state index in [2.05, 4.69) is 17.1 Å². The number of anilines is 1. The molecular weight excluding hydrogens is 276 g/mol. The van der Waals surface area contributed by atoms with E-state index in [0.717, 1.165) is 24.9 Å². The van der Waals surface area contributed by atoms with Crippen LogP contribution >= 0.6 is 11.6 Å². The molecule has 1 aromatic rings. The van der Waals surface area contributed by atoms with E-state index < -0.39 is 0 Å². The Hall–Kier alpha value is -1.10. The van der Waals surface area contributed by atoms with E-state index >= 15 is 0 Å². The zero-order valence-electron chi connectivity index (χ0n) is 11.7. The van der Waals surface area contributed by atoms with E-state index in [9.17, 15) is 9.90 Å². The van der Waals surface area contributed by atoms with E-state index in [0.29, 0.717) is 17.6 Å². The molecule has 1 heterocycles. The quantitative estimate of drug-likeness (QED) is 0.898. The first kappa shape index (κ1) is 15.3. The molecule has 5 heteroatoms.